The summed E-state index contributed by atoms with van der Waals surface area (Å²) in [6.45, 7) is 1.96. The summed E-state index contributed by atoms with van der Waals surface area (Å²) in [5.41, 5.74) is 4.26. The van der Waals surface area contributed by atoms with Gasteiger partial charge in [0.15, 0.2) is 5.82 Å². The molecule has 3 aromatic rings. The number of rotatable bonds is 1. The number of aryl methyl sites for hydroxylation is 2. The van der Waals surface area contributed by atoms with Gasteiger partial charge in [0.05, 0.1) is 22.7 Å². The Labute approximate surface area is 111 Å². The predicted octanol–water partition coefficient (Wildman–Crippen LogP) is 2.82. The fraction of sp³-hybridized carbons (Fsp3) is 0.133. The van der Waals surface area contributed by atoms with E-state index in [1.54, 1.807) is 6.07 Å². The van der Waals surface area contributed by atoms with Gasteiger partial charge in [-0.05, 0) is 37.3 Å². The second-order valence-electron chi connectivity index (χ2n) is 4.47. The van der Waals surface area contributed by atoms with E-state index in [0.29, 0.717) is 5.56 Å². The third-order valence-corrected chi connectivity index (χ3v) is 3.13. The first kappa shape index (κ1) is 11.4. The Morgan fingerprint density at radius 3 is 2.74 bits per heavy atom. The van der Waals surface area contributed by atoms with Crippen molar-refractivity contribution in [3.05, 3.63) is 47.7 Å². The molecular formula is C15H12N4. The number of pyridine rings is 1. The molecule has 4 nitrogen and oxygen atoms in total. The number of hydrogen-bond acceptors (Lipinski definition) is 3. The maximum atomic E-state index is 8.96. The fourth-order valence-electron chi connectivity index (χ4n) is 2.16. The summed E-state index contributed by atoms with van der Waals surface area (Å²) < 4.78 is 1.97. The molecule has 0 aliphatic heterocycles. The van der Waals surface area contributed by atoms with Crippen molar-refractivity contribution in [3.63, 3.8) is 0 Å². The zero-order chi connectivity index (χ0) is 13.4. The van der Waals surface area contributed by atoms with E-state index in [1.807, 2.05) is 48.9 Å². The zero-order valence-electron chi connectivity index (χ0n) is 10.8. The van der Waals surface area contributed by atoms with Gasteiger partial charge in [0, 0.05) is 12.7 Å². The fourth-order valence-corrected chi connectivity index (χ4v) is 2.16. The van der Waals surface area contributed by atoms with Crippen LogP contribution in [0.3, 0.4) is 0 Å². The highest BCUT2D eigenvalue weighted by Gasteiger charge is 2.11. The monoisotopic (exact) mass is 248 g/mol. The quantitative estimate of drug-likeness (QED) is 0.665. The van der Waals surface area contributed by atoms with E-state index in [4.69, 9.17) is 5.26 Å². The van der Waals surface area contributed by atoms with Crippen LogP contribution in [-0.4, -0.2) is 14.5 Å². The van der Waals surface area contributed by atoms with Crippen molar-refractivity contribution in [1.82, 2.24) is 14.5 Å². The molecule has 0 aliphatic carbocycles. The number of fused-ring (bicyclic) bond motifs is 1. The molecule has 0 radical (unpaired) electrons. The Morgan fingerprint density at radius 2 is 2.00 bits per heavy atom. The van der Waals surface area contributed by atoms with E-state index in [9.17, 15) is 0 Å². The molecule has 0 saturated carbocycles. The maximum absolute atomic E-state index is 8.96. The molecule has 19 heavy (non-hydrogen) atoms. The first-order valence-corrected chi connectivity index (χ1v) is 5.99. The smallest absolute Gasteiger partial charge is 0.159 e. The molecule has 2 aromatic heterocycles. The normalized spacial score (nSPS) is 10.6. The van der Waals surface area contributed by atoms with Crippen LogP contribution >= 0.6 is 0 Å². The highest BCUT2D eigenvalue weighted by Crippen LogP contribution is 2.23. The molecule has 0 spiro atoms. The molecule has 0 bridgehead atoms. The van der Waals surface area contributed by atoms with Crippen molar-refractivity contribution in [3.8, 4) is 17.6 Å². The minimum Gasteiger partial charge on any atom is -0.326 e. The van der Waals surface area contributed by atoms with Crippen LogP contribution in [0.25, 0.3) is 22.6 Å². The SMILES string of the molecule is Cc1cccc(-c2nc3ccc(C#N)cc3n2C)n1. The summed E-state index contributed by atoms with van der Waals surface area (Å²) in [4.78, 5) is 9.08. The lowest BCUT2D eigenvalue weighted by molar-refractivity contribution is 0.947. The van der Waals surface area contributed by atoms with Gasteiger partial charge in [-0.2, -0.15) is 5.26 Å². The van der Waals surface area contributed by atoms with Crippen LogP contribution in [0, 0.1) is 18.3 Å². The molecule has 0 amide bonds. The number of aromatic nitrogens is 3. The van der Waals surface area contributed by atoms with E-state index in [-0.39, 0.29) is 0 Å². The Morgan fingerprint density at radius 1 is 1.16 bits per heavy atom. The Balaban J connectivity index is 2.26. The number of hydrogen-bond donors (Lipinski definition) is 0. The number of nitriles is 1. The van der Waals surface area contributed by atoms with Crippen LogP contribution in [0.2, 0.25) is 0 Å². The van der Waals surface area contributed by atoms with E-state index in [1.165, 1.54) is 0 Å². The van der Waals surface area contributed by atoms with Crippen molar-refractivity contribution < 1.29 is 0 Å². The highest BCUT2D eigenvalue weighted by molar-refractivity contribution is 5.81. The van der Waals surface area contributed by atoms with Crippen molar-refractivity contribution in [2.24, 2.45) is 7.05 Å². The van der Waals surface area contributed by atoms with Crippen LogP contribution in [-0.2, 0) is 7.05 Å². The molecule has 0 saturated heterocycles. The minimum atomic E-state index is 0.638. The third-order valence-electron chi connectivity index (χ3n) is 3.13. The zero-order valence-corrected chi connectivity index (χ0v) is 10.8. The van der Waals surface area contributed by atoms with Gasteiger partial charge in [-0.3, -0.25) is 0 Å². The molecule has 1 aromatic carbocycles. The average Bonchev–Trinajstić information content (AvgIpc) is 2.76. The first-order chi connectivity index (χ1) is 9.19. The van der Waals surface area contributed by atoms with Crippen LogP contribution in [0.1, 0.15) is 11.3 Å². The Kier molecular flexibility index (Phi) is 2.53. The summed E-state index contributed by atoms with van der Waals surface area (Å²) in [6.07, 6.45) is 0. The summed E-state index contributed by atoms with van der Waals surface area (Å²) >= 11 is 0. The molecule has 0 aliphatic rings. The van der Waals surface area contributed by atoms with Gasteiger partial charge in [-0.25, -0.2) is 9.97 Å². The van der Waals surface area contributed by atoms with E-state index < -0.39 is 0 Å². The topological polar surface area (TPSA) is 54.5 Å². The van der Waals surface area contributed by atoms with Crippen molar-refractivity contribution in [2.45, 2.75) is 6.92 Å². The van der Waals surface area contributed by atoms with Crippen LogP contribution in [0.15, 0.2) is 36.4 Å². The lowest BCUT2D eigenvalue weighted by Gasteiger charge is -2.02. The molecule has 0 fully saturated rings. The molecular weight excluding hydrogens is 236 g/mol. The largest absolute Gasteiger partial charge is 0.326 e. The van der Waals surface area contributed by atoms with Crippen molar-refractivity contribution >= 4 is 11.0 Å². The van der Waals surface area contributed by atoms with Gasteiger partial charge in [-0.1, -0.05) is 6.07 Å². The van der Waals surface area contributed by atoms with Gasteiger partial charge >= 0.3 is 0 Å². The van der Waals surface area contributed by atoms with Crippen LogP contribution < -0.4 is 0 Å². The number of nitrogens with zero attached hydrogens (tertiary/aromatic N) is 4. The second kappa shape index (κ2) is 4.21. The molecule has 0 unspecified atom stereocenters. The van der Waals surface area contributed by atoms with Gasteiger partial charge in [0.1, 0.15) is 5.69 Å². The van der Waals surface area contributed by atoms with Crippen LogP contribution in [0.5, 0.6) is 0 Å². The van der Waals surface area contributed by atoms with Gasteiger partial charge in [0.2, 0.25) is 0 Å². The molecule has 4 heteroatoms. The van der Waals surface area contributed by atoms with Gasteiger partial charge in [-0.15, -0.1) is 0 Å². The summed E-state index contributed by atoms with van der Waals surface area (Å²) in [5.74, 6) is 0.814. The Bertz CT molecular complexity index is 809. The summed E-state index contributed by atoms with van der Waals surface area (Å²) in [7, 11) is 1.94. The standard InChI is InChI=1S/C15H12N4/c1-10-4-3-5-13(17-10)15-18-12-7-6-11(9-16)8-14(12)19(15)2/h3-8H,1-2H3. The highest BCUT2D eigenvalue weighted by atomic mass is 15.1. The maximum Gasteiger partial charge on any atom is 0.159 e. The van der Waals surface area contributed by atoms with Crippen molar-refractivity contribution in [2.75, 3.05) is 0 Å². The molecule has 0 N–H and O–H groups in total. The minimum absolute atomic E-state index is 0.638. The number of imidazole rings is 1. The van der Waals surface area contributed by atoms with E-state index in [2.05, 4.69) is 16.0 Å². The molecule has 3 rings (SSSR count). The van der Waals surface area contributed by atoms with E-state index in [0.717, 1.165) is 28.2 Å². The van der Waals surface area contributed by atoms with Gasteiger partial charge < -0.3 is 4.57 Å². The lowest BCUT2D eigenvalue weighted by atomic mass is 10.2. The average molecular weight is 248 g/mol. The lowest BCUT2D eigenvalue weighted by Crippen LogP contribution is -1.95. The Hall–Kier alpha value is -2.67. The van der Waals surface area contributed by atoms with E-state index >= 15 is 0 Å². The molecule has 2 heterocycles. The molecule has 92 valence electrons. The van der Waals surface area contributed by atoms with Crippen LogP contribution in [0.4, 0.5) is 0 Å². The molecule has 0 atom stereocenters. The van der Waals surface area contributed by atoms with Crippen molar-refractivity contribution in [1.29, 1.82) is 5.26 Å². The summed E-state index contributed by atoms with van der Waals surface area (Å²) in [5, 5.41) is 8.96. The predicted molar refractivity (Wildman–Crippen MR) is 73.4 cm³/mol. The summed E-state index contributed by atoms with van der Waals surface area (Å²) in [6, 6.07) is 13.5. The van der Waals surface area contributed by atoms with Gasteiger partial charge in [0.25, 0.3) is 0 Å². The second-order valence-corrected chi connectivity index (χ2v) is 4.47. The number of benzene rings is 1. The first-order valence-electron chi connectivity index (χ1n) is 5.99. The third kappa shape index (κ3) is 1.85.